The van der Waals surface area contributed by atoms with Crippen LogP contribution in [0.3, 0.4) is 0 Å². The van der Waals surface area contributed by atoms with Gasteiger partial charge in [-0.15, -0.1) is 0 Å². The number of aliphatic hydroxyl groups is 1. The molecule has 33 heavy (non-hydrogen) atoms. The van der Waals surface area contributed by atoms with Crippen molar-refractivity contribution >= 4 is 5.82 Å². The van der Waals surface area contributed by atoms with Crippen molar-refractivity contribution in [3.63, 3.8) is 0 Å². The third kappa shape index (κ3) is 5.26. The average molecular weight is 458 g/mol. The summed E-state index contributed by atoms with van der Waals surface area (Å²) in [6.45, 7) is 9.30. The summed E-state index contributed by atoms with van der Waals surface area (Å²) in [5.41, 5.74) is 13.5. The van der Waals surface area contributed by atoms with Gasteiger partial charge >= 0.3 is 0 Å². The smallest absolute Gasteiger partial charge is 0.123 e. The normalized spacial score (nSPS) is 38.0. The van der Waals surface area contributed by atoms with Gasteiger partial charge < -0.3 is 21.3 Å². The van der Waals surface area contributed by atoms with Crippen LogP contribution >= 0.6 is 0 Å². The second-order valence-electron chi connectivity index (χ2n) is 12.6. The molecule has 5 nitrogen and oxygen atoms in total. The van der Waals surface area contributed by atoms with Gasteiger partial charge in [-0.05, 0) is 101 Å². The van der Waals surface area contributed by atoms with Gasteiger partial charge in [0, 0.05) is 24.3 Å². The van der Waals surface area contributed by atoms with Gasteiger partial charge in [-0.25, -0.2) is 4.98 Å². The Hall–Kier alpha value is -1.17. The van der Waals surface area contributed by atoms with Gasteiger partial charge in [0.1, 0.15) is 5.82 Å². The molecule has 3 heterocycles. The molecule has 1 aromatic rings. The third-order valence-electron chi connectivity index (χ3n) is 9.23. The summed E-state index contributed by atoms with van der Waals surface area (Å²) in [5, 5.41) is 9.83. The van der Waals surface area contributed by atoms with Crippen molar-refractivity contribution in [3.05, 3.63) is 23.9 Å². The zero-order valence-corrected chi connectivity index (χ0v) is 21.4. The van der Waals surface area contributed by atoms with E-state index >= 15 is 0 Å². The molecule has 2 saturated carbocycles. The average Bonchev–Trinajstić information content (AvgIpc) is 2.73. The highest BCUT2D eigenvalue weighted by Gasteiger charge is 2.63. The Morgan fingerprint density at radius 1 is 1.18 bits per heavy atom. The summed E-state index contributed by atoms with van der Waals surface area (Å²) in [6.07, 6.45) is 13.1. The Kier molecular flexibility index (Phi) is 7.15. The highest BCUT2D eigenvalue weighted by Crippen LogP contribution is 2.60. The van der Waals surface area contributed by atoms with Crippen molar-refractivity contribution in [2.45, 2.75) is 109 Å². The molecule has 0 unspecified atom stereocenters. The maximum absolute atomic E-state index is 9.83. The van der Waals surface area contributed by atoms with Crippen LogP contribution in [0, 0.1) is 29.6 Å². The number of pyridine rings is 1. The highest BCUT2D eigenvalue weighted by atomic mass is 16.5. The molecule has 2 bridgehead atoms. The number of anilines is 1. The van der Waals surface area contributed by atoms with Crippen LogP contribution in [-0.2, 0) is 11.2 Å². The predicted octanol–water partition coefficient (Wildman–Crippen LogP) is 5.10. The highest BCUT2D eigenvalue weighted by molar-refractivity contribution is 5.29. The quantitative estimate of drug-likeness (QED) is 0.505. The first kappa shape index (κ1) is 24.9. The summed E-state index contributed by atoms with van der Waals surface area (Å²) in [6, 6.07) is 4.07. The zero-order chi connectivity index (χ0) is 23.9. The number of hydrogen-bond donors (Lipinski definition) is 3. The fourth-order valence-electron chi connectivity index (χ4n) is 7.93. The standard InChI is InChI=1S/C28H47N3O2/c1-19(2)5-6-20-13-22(14-21-7-8-25(29)31-17-21)16-23(15-20)28-10-9-24(26(3,4)33-28)27(30,18-28)11-12-32/h7-8,17,19-20,22-24,32H,5-6,9-16,18,30H2,1-4H3,(H2,29,31)/t20-,22-,23-,24-,27+,28-/m0/s1. The van der Waals surface area contributed by atoms with Crippen LogP contribution < -0.4 is 11.5 Å². The molecule has 0 aromatic carbocycles. The molecular weight excluding hydrogens is 410 g/mol. The lowest BCUT2D eigenvalue weighted by molar-refractivity contribution is -0.289. The molecule has 6 atom stereocenters. The van der Waals surface area contributed by atoms with Crippen molar-refractivity contribution in [2.24, 2.45) is 35.3 Å². The SMILES string of the molecule is CC(C)CC[C@H]1C[C@@H](Cc2ccc(N)nc2)C[C@@H]([C@@]23CC[C@@H](C(C)(C)O2)[C@@](N)(CCO)C3)C1. The lowest BCUT2D eigenvalue weighted by atomic mass is 9.52. The van der Waals surface area contributed by atoms with Gasteiger partial charge in [0.05, 0.1) is 11.2 Å². The van der Waals surface area contributed by atoms with E-state index < -0.39 is 0 Å². The largest absolute Gasteiger partial charge is 0.396 e. The molecule has 2 aliphatic carbocycles. The van der Waals surface area contributed by atoms with E-state index in [1.54, 1.807) is 0 Å². The molecule has 2 saturated heterocycles. The number of aromatic nitrogens is 1. The van der Waals surface area contributed by atoms with E-state index in [-0.39, 0.29) is 23.3 Å². The van der Waals surface area contributed by atoms with E-state index in [0.29, 0.717) is 30.0 Å². The first-order chi connectivity index (χ1) is 15.6. The fraction of sp³-hybridized carbons (Fsp3) is 0.821. The van der Waals surface area contributed by atoms with Crippen LogP contribution in [0.15, 0.2) is 18.3 Å². The summed E-state index contributed by atoms with van der Waals surface area (Å²) in [4.78, 5) is 4.34. The maximum Gasteiger partial charge on any atom is 0.123 e. The summed E-state index contributed by atoms with van der Waals surface area (Å²) >= 11 is 0. The van der Waals surface area contributed by atoms with Gasteiger partial charge in [0.2, 0.25) is 0 Å². The van der Waals surface area contributed by atoms with Crippen molar-refractivity contribution in [2.75, 3.05) is 12.3 Å². The fourth-order valence-corrected chi connectivity index (χ4v) is 7.93. The summed E-state index contributed by atoms with van der Waals surface area (Å²) in [7, 11) is 0. The molecule has 0 amide bonds. The Morgan fingerprint density at radius 2 is 1.94 bits per heavy atom. The van der Waals surface area contributed by atoms with Crippen molar-refractivity contribution in [1.82, 2.24) is 4.98 Å². The molecule has 5 N–H and O–H groups in total. The Labute approximate surface area is 201 Å². The lowest BCUT2D eigenvalue weighted by Gasteiger charge is -2.65. The maximum atomic E-state index is 9.83. The third-order valence-corrected chi connectivity index (χ3v) is 9.23. The van der Waals surface area contributed by atoms with Gasteiger partial charge in [0.25, 0.3) is 0 Å². The molecule has 4 fully saturated rings. The topological polar surface area (TPSA) is 94.4 Å². The van der Waals surface area contributed by atoms with Crippen LogP contribution in [0.1, 0.15) is 91.0 Å². The van der Waals surface area contributed by atoms with E-state index in [9.17, 15) is 5.11 Å². The van der Waals surface area contributed by atoms with Crippen LogP contribution in [0.2, 0.25) is 0 Å². The van der Waals surface area contributed by atoms with Gasteiger partial charge in [-0.1, -0.05) is 32.8 Å². The van der Waals surface area contributed by atoms with E-state index in [4.69, 9.17) is 16.2 Å². The number of rotatable bonds is 8. The monoisotopic (exact) mass is 457 g/mol. The molecule has 5 heteroatoms. The Balaban J connectivity index is 1.58. The Morgan fingerprint density at radius 3 is 2.58 bits per heavy atom. The summed E-state index contributed by atoms with van der Waals surface area (Å²) < 4.78 is 7.04. The minimum atomic E-state index is -0.323. The molecular formula is C28H47N3O2. The van der Waals surface area contributed by atoms with Crippen LogP contribution in [-0.4, -0.2) is 33.4 Å². The molecule has 186 valence electrons. The Bertz CT molecular complexity index is 795. The lowest BCUT2D eigenvalue weighted by Crippen LogP contribution is -2.72. The first-order valence-electron chi connectivity index (χ1n) is 13.4. The second kappa shape index (κ2) is 9.47. The van der Waals surface area contributed by atoms with Crippen molar-refractivity contribution in [3.8, 4) is 0 Å². The van der Waals surface area contributed by atoms with Crippen LogP contribution in [0.4, 0.5) is 5.82 Å². The number of nitrogens with two attached hydrogens (primary N) is 2. The molecule has 0 spiro atoms. The van der Waals surface area contributed by atoms with Crippen molar-refractivity contribution < 1.29 is 9.84 Å². The van der Waals surface area contributed by atoms with Crippen LogP contribution in [0.5, 0.6) is 0 Å². The summed E-state index contributed by atoms with van der Waals surface area (Å²) in [5.74, 6) is 3.55. The molecule has 5 rings (SSSR count). The number of nitrogens with zero attached hydrogens (tertiary/aromatic N) is 1. The van der Waals surface area contributed by atoms with E-state index in [1.165, 1.54) is 37.7 Å². The predicted molar refractivity (Wildman–Crippen MR) is 135 cm³/mol. The molecule has 4 aliphatic rings. The number of fused-ring (bicyclic) bond motifs is 3. The zero-order valence-electron chi connectivity index (χ0n) is 21.4. The van der Waals surface area contributed by atoms with Crippen LogP contribution in [0.25, 0.3) is 0 Å². The minimum Gasteiger partial charge on any atom is -0.396 e. The number of hydrogen-bond acceptors (Lipinski definition) is 5. The number of aliphatic hydroxyl groups excluding tert-OH is 1. The number of ether oxygens (including phenoxy) is 1. The van der Waals surface area contributed by atoms with Gasteiger partial charge in [-0.2, -0.15) is 0 Å². The van der Waals surface area contributed by atoms with E-state index in [2.05, 4.69) is 38.7 Å². The van der Waals surface area contributed by atoms with Crippen molar-refractivity contribution in [1.29, 1.82) is 0 Å². The minimum absolute atomic E-state index is 0.156. The van der Waals surface area contributed by atoms with E-state index in [1.807, 2.05) is 12.3 Å². The molecule has 0 radical (unpaired) electrons. The molecule has 1 aromatic heterocycles. The van der Waals surface area contributed by atoms with Gasteiger partial charge in [0.15, 0.2) is 0 Å². The number of nitrogen functional groups attached to an aromatic ring is 1. The van der Waals surface area contributed by atoms with Gasteiger partial charge in [-0.3, -0.25) is 0 Å². The second-order valence-corrected chi connectivity index (χ2v) is 12.6. The molecule has 2 aliphatic heterocycles. The first-order valence-corrected chi connectivity index (χ1v) is 13.4. The van der Waals surface area contributed by atoms with E-state index in [0.717, 1.165) is 37.5 Å².